The third-order valence-electron chi connectivity index (χ3n) is 5.16. The molecule has 0 spiro atoms. The average molecular weight is 393 g/mol. The summed E-state index contributed by atoms with van der Waals surface area (Å²) >= 11 is 0. The number of piperidine rings is 1. The highest BCUT2D eigenvalue weighted by Gasteiger charge is 2.30. The van der Waals surface area contributed by atoms with Crippen molar-refractivity contribution in [2.75, 3.05) is 27.3 Å². The van der Waals surface area contributed by atoms with Crippen molar-refractivity contribution in [3.05, 3.63) is 60.0 Å². The zero-order valence-corrected chi connectivity index (χ0v) is 16.5. The fourth-order valence-electron chi connectivity index (χ4n) is 3.64. The number of carbonyl (C=O) groups is 1. The molecule has 1 amide bonds. The summed E-state index contributed by atoms with van der Waals surface area (Å²) < 4.78 is 16.1. The van der Waals surface area contributed by atoms with E-state index in [4.69, 9.17) is 14.0 Å². The maximum Gasteiger partial charge on any atom is 0.257 e. The van der Waals surface area contributed by atoms with Gasteiger partial charge in [0.1, 0.15) is 11.5 Å². The molecule has 0 unspecified atom stereocenters. The van der Waals surface area contributed by atoms with Crippen molar-refractivity contribution in [1.82, 2.24) is 15.0 Å². The van der Waals surface area contributed by atoms with Gasteiger partial charge in [-0.15, -0.1) is 0 Å². The van der Waals surface area contributed by atoms with E-state index in [-0.39, 0.29) is 11.8 Å². The molecule has 2 aromatic carbocycles. The molecule has 4 rings (SSSR count). The number of benzene rings is 2. The minimum absolute atomic E-state index is 0.00858. The smallest absolute Gasteiger partial charge is 0.257 e. The number of amides is 1. The summed E-state index contributed by atoms with van der Waals surface area (Å²) in [6, 6.07) is 14.8. The summed E-state index contributed by atoms with van der Waals surface area (Å²) in [4.78, 5) is 19.4. The van der Waals surface area contributed by atoms with E-state index < -0.39 is 0 Å². The first-order valence-corrected chi connectivity index (χ1v) is 9.60. The summed E-state index contributed by atoms with van der Waals surface area (Å²) in [5, 5.41) is 4.13. The van der Waals surface area contributed by atoms with Crippen LogP contribution in [0, 0.1) is 0 Å². The number of likely N-dealkylation sites (tertiary alicyclic amines) is 1. The number of para-hydroxylation sites is 1. The van der Waals surface area contributed by atoms with Crippen LogP contribution < -0.4 is 9.47 Å². The van der Waals surface area contributed by atoms with Gasteiger partial charge in [-0.3, -0.25) is 4.79 Å². The maximum atomic E-state index is 13.0. The molecule has 1 atom stereocenters. The van der Waals surface area contributed by atoms with Crippen molar-refractivity contribution >= 4 is 5.91 Å². The fraction of sp³-hybridized carbons (Fsp3) is 0.318. The first kappa shape index (κ1) is 19.0. The van der Waals surface area contributed by atoms with Crippen LogP contribution in [0.5, 0.6) is 11.5 Å². The molecule has 1 aliphatic heterocycles. The van der Waals surface area contributed by atoms with Gasteiger partial charge in [-0.2, -0.15) is 4.98 Å². The van der Waals surface area contributed by atoms with Crippen LogP contribution in [-0.2, 0) is 0 Å². The molecule has 0 saturated carbocycles. The highest BCUT2D eigenvalue weighted by Crippen LogP contribution is 2.30. The first-order valence-electron chi connectivity index (χ1n) is 9.60. The number of rotatable bonds is 5. The number of nitrogens with zero attached hydrogens (tertiary/aromatic N) is 3. The average Bonchev–Trinajstić information content (AvgIpc) is 3.29. The Hall–Kier alpha value is -3.35. The van der Waals surface area contributed by atoms with E-state index in [0.717, 1.165) is 24.2 Å². The number of hydrogen-bond donors (Lipinski definition) is 0. The Morgan fingerprint density at radius 1 is 1.14 bits per heavy atom. The van der Waals surface area contributed by atoms with Crippen molar-refractivity contribution < 1.29 is 18.8 Å². The number of hydrogen-bond acceptors (Lipinski definition) is 6. The van der Waals surface area contributed by atoms with E-state index in [9.17, 15) is 4.79 Å². The molecule has 7 nitrogen and oxygen atoms in total. The Morgan fingerprint density at radius 3 is 2.83 bits per heavy atom. The lowest BCUT2D eigenvalue weighted by molar-refractivity contribution is 0.0692. The monoisotopic (exact) mass is 393 g/mol. The summed E-state index contributed by atoms with van der Waals surface area (Å²) in [6.45, 7) is 1.24. The Bertz CT molecular complexity index is 1000. The molecule has 3 aromatic rings. The summed E-state index contributed by atoms with van der Waals surface area (Å²) in [6.07, 6.45) is 1.78. The normalized spacial score (nSPS) is 16.5. The Morgan fingerprint density at radius 2 is 2.00 bits per heavy atom. The van der Waals surface area contributed by atoms with E-state index >= 15 is 0 Å². The van der Waals surface area contributed by atoms with Crippen LogP contribution in [0.15, 0.2) is 53.1 Å². The molecule has 0 aliphatic carbocycles. The van der Waals surface area contributed by atoms with Gasteiger partial charge < -0.3 is 18.9 Å². The van der Waals surface area contributed by atoms with Crippen molar-refractivity contribution in [2.45, 2.75) is 18.8 Å². The second kappa shape index (κ2) is 8.34. The number of aromatic nitrogens is 2. The largest absolute Gasteiger partial charge is 0.497 e. The van der Waals surface area contributed by atoms with Crippen LogP contribution in [0.2, 0.25) is 0 Å². The lowest BCUT2D eigenvalue weighted by Gasteiger charge is -2.31. The SMILES string of the molecule is COc1cccc(-c2noc([C@@H]3CCCN(C(=O)c4ccccc4OC)C3)n2)c1. The molecule has 0 N–H and O–H groups in total. The van der Waals surface area contributed by atoms with Gasteiger partial charge in [0.05, 0.1) is 25.7 Å². The summed E-state index contributed by atoms with van der Waals surface area (Å²) in [5.41, 5.74) is 1.40. The first-order chi connectivity index (χ1) is 14.2. The van der Waals surface area contributed by atoms with Crippen LogP contribution in [0.1, 0.15) is 35.0 Å². The quantitative estimate of drug-likeness (QED) is 0.657. The summed E-state index contributed by atoms with van der Waals surface area (Å²) in [7, 11) is 3.19. The van der Waals surface area contributed by atoms with Crippen LogP contribution in [0.4, 0.5) is 0 Å². The van der Waals surface area contributed by atoms with Crippen molar-refractivity contribution in [3.8, 4) is 22.9 Å². The minimum atomic E-state index is -0.0420. The van der Waals surface area contributed by atoms with Crippen molar-refractivity contribution in [3.63, 3.8) is 0 Å². The van der Waals surface area contributed by atoms with Crippen LogP contribution in [0.25, 0.3) is 11.4 Å². The molecule has 29 heavy (non-hydrogen) atoms. The zero-order chi connectivity index (χ0) is 20.2. The van der Waals surface area contributed by atoms with Gasteiger partial charge in [0, 0.05) is 18.7 Å². The molecular formula is C22H23N3O4. The highest BCUT2D eigenvalue weighted by atomic mass is 16.5. The Balaban J connectivity index is 1.52. The van der Waals surface area contributed by atoms with Gasteiger partial charge in [-0.1, -0.05) is 29.4 Å². The lowest BCUT2D eigenvalue weighted by atomic mass is 9.97. The molecule has 0 bridgehead atoms. The number of methoxy groups -OCH3 is 2. The van der Waals surface area contributed by atoms with Crippen molar-refractivity contribution in [1.29, 1.82) is 0 Å². The van der Waals surface area contributed by atoms with Gasteiger partial charge in [0.2, 0.25) is 11.7 Å². The molecule has 1 aliphatic rings. The molecular weight excluding hydrogens is 370 g/mol. The van der Waals surface area contributed by atoms with Crippen LogP contribution in [-0.4, -0.2) is 48.3 Å². The van der Waals surface area contributed by atoms with Gasteiger partial charge in [0.15, 0.2) is 0 Å². The molecule has 1 aromatic heterocycles. The molecule has 1 saturated heterocycles. The minimum Gasteiger partial charge on any atom is -0.497 e. The van der Waals surface area contributed by atoms with Crippen molar-refractivity contribution in [2.24, 2.45) is 0 Å². The molecule has 150 valence electrons. The predicted molar refractivity (Wildman–Crippen MR) is 107 cm³/mol. The van der Waals surface area contributed by atoms with Gasteiger partial charge in [0.25, 0.3) is 5.91 Å². The van der Waals surface area contributed by atoms with E-state index in [1.54, 1.807) is 26.4 Å². The number of ether oxygens (including phenoxy) is 2. The second-order valence-corrected chi connectivity index (χ2v) is 6.98. The molecule has 1 fully saturated rings. The lowest BCUT2D eigenvalue weighted by Crippen LogP contribution is -2.39. The van der Waals surface area contributed by atoms with Gasteiger partial charge in [-0.05, 0) is 37.1 Å². The Labute approximate surface area is 169 Å². The predicted octanol–water partition coefficient (Wildman–Crippen LogP) is 3.77. The number of carbonyl (C=O) groups excluding carboxylic acids is 1. The Kier molecular flexibility index (Phi) is 5.46. The van der Waals surface area contributed by atoms with Gasteiger partial charge in [-0.25, -0.2) is 0 Å². The second-order valence-electron chi connectivity index (χ2n) is 6.98. The highest BCUT2D eigenvalue weighted by molar-refractivity contribution is 5.97. The standard InChI is InChI=1S/C22H23N3O4/c1-27-17-9-5-7-15(13-17)20-23-21(29-24-20)16-8-6-12-25(14-16)22(26)18-10-3-4-11-19(18)28-2/h3-5,7,9-11,13,16H,6,8,12,14H2,1-2H3/t16-/m1/s1. The van der Waals surface area contributed by atoms with E-state index in [0.29, 0.717) is 36.1 Å². The topological polar surface area (TPSA) is 77.7 Å². The van der Waals surface area contributed by atoms with Crippen LogP contribution in [0.3, 0.4) is 0 Å². The molecule has 2 heterocycles. The van der Waals surface area contributed by atoms with Gasteiger partial charge >= 0.3 is 0 Å². The molecule has 0 radical (unpaired) electrons. The van der Waals surface area contributed by atoms with Crippen LogP contribution >= 0.6 is 0 Å². The van der Waals surface area contributed by atoms with E-state index in [2.05, 4.69) is 10.1 Å². The maximum absolute atomic E-state index is 13.0. The zero-order valence-electron chi connectivity index (χ0n) is 16.5. The third kappa shape index (κ3) is 3.94. The summed E-state index contributed by atoms with van der Waals surface area (Å²) in [5.74, 6) is 2.36. The van der Waals surface area contributed by atoms with E-state index in [1.807, 2.05) is 41.3 Å². The fourth-order valence-corrected chi connectivity index (χ4v) is 3.64. The molecule has 7 heteroatoms. The van der Waals surface area contributed by atoms with E-state index in [1.165, 1.54) is 0 Å². The third-order valence-corrected chi connectivity index (χ3v) is 5.16.